The lowest BCUT2D eigenvalue weighted by molar-refractivity contribution is 0.662. The van der Waals surface area contributed by atoms with Crippen molar-refractivity contribution in [1.82, 2.24) is 0 Å². The molecule has 0 atom stereocenters. The minimum absolute atomic E-state index is 0.107. The second-order valence-electron chi connectivity index (χ2n) is 29.6. The number of hydrogen-bond acceptors (Lipinski definition) is 0. The third-order valence-electron chi connectivity index (χ3n) is 23.3. The van der Waals surface area contributed by atoms with E-state index in [0.29, 0.717) is 0 Å². The van der Waals surface area contributed by atoms with Crippen LogP contribution in [0.3, 0.4) is 0 Å². The van der Waals surface area contributed by atoms with E-state index in [1.807, 2.05) is 0 Å². The van der Waals surface area contributed by atoms with E-state index < -0.39 is 0 Å². The Hall–Kier alpha value is -12.7. The fourth-order valence-corrected chi connectivity index (χ4v) is 18.6. The van der Waals surface area contributed by atoms with Crippen molar-refractivity contribution < 1.29 is 0 Å². The Morgan fingerprint density at radius 2 is 0.471 bits per heavy atom. The first-order valence-electron chi connectivity index (χ1n) is 36.6. The van der Waals surface area contributed by atoms with Crippen molar-refractivity contribution in [3.05, 3.63) is 386 Å². The molecule has 2 aliphatic carbocycles. The van der Waals surface area contributed by atoms with Crippen LogP contribution in [-0.4, -0.2) is 0 Å². The maximum absolute atomic E-state index is 2.40. The molecule has 0 amide bonds. The fraction of sp³-hybridized carbons (Fsp3) is 0.0577. The van der Waals surface area contributed by atoms with E-state index in [1.165, 1.54) is 209 Å². The number of fused-ring (bicyclic) bond motifs is 17. The van der Waals surface area contributed by atoms with Gasteiger partial charge in [-0.3, -0.25) is 0 Å². The third-order valence-corrected chi connectivity index (χ3v) is 23.3. The summed E-state index contributed by atoms with van der Waals surface area (Å²) in [6, 6.07) is 135. The van der Waals surface area contributed by atoms with E-state index in [9.17, 15) is 0 Å². The van der Waals surface area contributed by atoms with Crippen molar-refractivity contribution in [2.45, 2.75) is 38.5 Å². The first-order valence-corrected chi connectivity index (χ1v) is 36.6. The second kappa shape index (κ2) is 24.0. The molecule has 0 N–H and O–H groups in total. The summed E-state index contributed by atoms with van der Waals surface area (Å²) >= 11 is 0. The monoisotopic (exact) mass is 1320 g/mol. The van der Waals surface area contributed by atoms with Crippen molar-refractivity contribution in [3.63, 3.8) is 0 Å². The number of rotatable bonds is 7. The molecule has 0 aliphatic heterocycles. The van der Waals surface area contributed by atoms with Gasteiger partial charge in [0.05, 0.1) is 0 Å². The Balaban J connectivity index is 0.000000139. The van der Waals surface area contributed by atoms with Crippen LogP contribution in [0.1, 0.15) is 49.9 Å². The Bertz CT molecular complexity index is 6630. The van der Waals surface area contributed by atoms with Gasteiger partial charge in [-0.05, 0) is 221 Å². The predicted molar refractivity (Wildman–Crippen MR) is 446 cm³/mol. The molecule has 0 spiro atoms. The highest BCUT2D eigenvalue weighted by molar-refractivity contribution is 6.26. The Labute approximate surface area is 607 Å². The topological polar surface area (TPSA) is 0 Å². The first-order chi connectivity index (χ1) is 51.2. The molecule has 104 heavy (non-hydrogen) atoms. The summed E-state index contributed by atoms with van der Waals surface area (Å²) in [5.41, 5.74) is 28.7. The van der Waals surface area contributed by atoms with Crippen molar-refractivity contribution in [2.24, 2.45) is 0 Å². The fourth-order valence-electron chi connectivity index (χ4n) is 18.6. The van der Waals surface area contributed by atoms with Crippen LogP contribution in [0, 0.1) is 0 Å². The summed E-state index contributed by atoms with van der Waals surface area (Å²) in [7, 11) is 0. The van der Waals surface area contributed by atoms with Gasteiger partial charge < -0.3 is 0 Å². The van der Waals surface area contributed by atoms with E-state index >= 15 is 0 Å². The second-order valence-corrected chi connectivity index (χ2v) is 29.6. The van der Waals surface area contributed by atoms with Gasteiger partial charge in [-0.25, -0.2) is 0 Å². The molecule has 0 aromatic heterocycles. The van der Waals surface area contributed by atoms with Crippen LogP contribution in [0.4, 0.5) is 0 Å². The molecule has 0 heteroatoms. The molecule has 0 saturated carbocycles. The van der Waals surface area contributed by atoms with Crippen LogP contribution in [0.25, 0.3) is 186 Å². The van der Waals surface area contributed by atoms with E-state index in [4.69, 9.17) is 0 Å². The van der Waals surface area contributed by atoms with E-state index in [2.05, 4.69) is 392 Å². The molecule has 2 aliphatic rings. The van der Waals surface area contributed by atoms with E-state index in [1.54, 1.807) is 0 Å². The molecular formula is C104H72. The van der Waals surface area contributed by atoms with E-state index in [-0.39, 0.29) is 10.8 Å². The largest absolute Gasteiger partial charge is 0.0622 e. The summed E-state index contributed by atoms with van der Waals surface area (Å²) in [6.45, 7) is 9.56. The minimum Gasteiger partial charge on any atom is -0.0622 e. The summed E-state index contributed by atoms with van der Waals surface area (Å²) in [6.07, 6.45) is 0. The standard InChI is InChI=1S/C53H36.C51H36/c1-53(2)48-31-30-33-14-3-6-17-38(33)51(48)46-25-13-24-39(52(46)53)34-26-28-35(29-27-34)49-42-20-9-11-22-44(42)50(45-23-12-10-21-43(45)49)47-32-36-15-4-5-16-37(36)40-18-7-8-19-41(40)47;1-51(2)46-31-30-34-16-6-7-19-39(34)49(46)45-25-13-24-40(50(45)51)35-26-28-36(29-27-35)47-41-20-8-10-22-43(41)48(44-23-11-9-21-42(44)47)38-18-12-17-37(32-38)33-14-4-3-5-15-33/h3-32H,1-2H3;3-32H,1-2H3. The Kier molecular flexibility index (Phi) is 14.1. The zero-order valence-corrected chi connectivity index (χ0v) is 58.6. The van der Waals surface area contributed by atoms with Gasteiger partial charge in [-0.2, -0.15) is 0 Å². The van der Waals surface area contributed by atoms with Gasteiger partial charge in [-0.1, -0.05) is 380 Å². The lowest BCUT2D eigenvalue weighted by Crippen LogP contribution is -2.16. The smallest absolute Gasteiger partial charge is 0.0165 e. The van der Waals surface area contributed by atoms with Crippen molar-refractivity contribution >= 4 is 86.2 Å². The van der Waals surface area contributed by atoms with Crippen LogP contribution in [0.2, 0.25) is 0 Å². The van der Waals surface area contributed by atoms with Gasteiger partial charge in [-0.15, -0.1) is 0 Å². The average molecular weight is 1320 g/mol. The molecule has 0 bridgehead atoms. The molecule has 19 aromatic carbocycles. The molecule has 19 aromatic rings. The highest BCUT2D eigenvalue weighted by Gasteiger charge is 2.40. The van der Waals surface area contributed by atoms with Gasteiger partial charge in [0.1, 0.15) is 0 Å². The molecule has 0 fully saturated rings. The zero-order valence-electron chi connectivity index (χ0n) is 58.6. The third kappa shape index (κ3) is 9.45. The summed E-state index contributed by atoms with van der Waals surface area (Å²) in [5, 5.41) is 20.6. The number of hydrogen-bond donors (Lipinski definition) is 0. The van der Waals surface area contributed by atoms with Crippen LogP contribution in [0.15, 0.2) is 364 Å². The Morgan fingerprint density at radius 1 is 0.154 bits per heavy atom. The summed E-state index contributed by atoms with van der Waals surface area (Å²) in [4.78, 5) is 0. The van der Waals surface area contributed by atoms with Crippen molar-refractivity contribution in [1.29, 1.82) is 0 Å². The van der Waals surface area contributed by atoms with Crippen LogP contribution < -0.4 is 0 Å². The molecule has 0 nitrogen and oxygen atoms in total. The molecule has 0 saturated heterocycles. The molecule has 0 unspecified atom stereocenters. The SMILES string of the molecule is CC1(C)c2ccc3ccccc3c2-c2cccc(-c3ccc(-c4c5ccccc5c(-c5cc6ccccc6c6ccccc56)c5ccccc45)cc3)c21.CC1(C)c2ccc3ccccc3c2-c2cccc(-c3ccc(-c4c5ccccc5c(-c5cccc(-c6ccccc6)c5)c5ccccc45)cc3)c21. The highest BCUT2D eigenvalue weighted by Crippen LogP contribution is 2.57. The lowest BCUT2D eigenvalue weighted by atomic mass is 9.78. The Morgan fingerprint density at radius 3 is 0.923 bits per heavy atom. The van der Waals surface area contributed by atoms with Crippen LogP contribution >= 0.6 is 0 Å². The van der Waals surface area contributed by atoms with Gasteiger partial charge in [0.25, 0.3) is 0 Å². The molecule has 0 radical (unpaired) electrons. The summed E-state index contributed by atoms with van der Waals surface area (Å²) < 4.78 is 0. The van der Waals surface area contributed by atoms with Gasteiger partial charge in [0.15, 0.2) is 0 Å². The number of benzene rings is 19. The minimum atomic E-state index is -0.112. The lowest BCUT2D eigenvalue weighted by Gasteiger charge is -2.25. The highest BCUT2D eigenvalue weighted by atomic mass is 14.4. The predicted octanol–water partition coefficient (Wildman–Crippen LogP) is 28.9. The molecule has 0 heterocycles. The van der Waals surface area contributed by atoms with E-state index in [0.717, 1.165) is 0 Å². The molecule has 21 rings (SSSR count). The van der Waals surface area contributed by atoms with Crippen molar-refractivity contribution in [3.8, 4) is 100 Å². The van der Waals surface area contributed by atoms with Crippen molar-refractivity contribution in [2.75, 3.05) is 0 Å². The van der Waals surface area contributed by atoms with Crippen LogP contribution in [-0.2, 0) is 10.8 Å². The molecule has 488 valence electrons. The average Bonchev–Trinajstić information content (AvgIpc) is 1.30. The normalized spacial score (nSPS) is 13.2. The maximum atomic E-state index is 2.40. The molecular weight excluding hydrogens is 1250 g/mol. The van der Waals surface area contributed by atoms with Gasteiger partial charge >= 0.3 is 0 Å². The zero-order chi connectivity index (χ0) is 69.4. The maximum Gasteiger partial charge on any atom is 0.0165 e. The van der Waals surface area contributed by atoms with Gasteiger partial charge in [0, 0.05) is 10.8 Å². The first kappa shape index (κ1) is 61.2. The van der Waals surface area contributed by atoms with Crippen LogP contribution in [0.5, 0.6) is 0 Å². The summed E-state index contributed by atoms with van der Waals surface area (Å²) in [5.74, 6) is 0. The van der Waals surface area contributed by atoms with Gasteiger partial charge in [0.2, 0.25) is 0 Å². The quantitative estimate of drug-likeness (QED) is 0.110.